The Bertz CT molecular complexity index is 915. The van der Waals surface area contributed by atoms with Crippen molar-refractivity contribution >= 4 is 28.4 Å². The van der Waals surface area contributed by atoms with Gasteiger partial charge in [-0.1, -0.05) is 6.07 Å². The van der Waals surface area contributed by atoms with E-state index in [4.69, 9.17) is 4.42 Å². The number of hydrogen-bond acceptors (Lipinski definition) is 4. The molecule has 0 unspecified atom stereocenters. The average molecular weight is 335 g/mol. The van der Waals surface area contributed by atoms with Gasteiger partial charge in [0.15, 0.2) is 0 Å². The lowest BCUT2D eigenvalue weighted by molar-refractivity contribution is -0.128. The quantitative estimate of drug-likeness (QED) is 0.795. The van der Waals surface area contributed by atoms with Crippen molar-refractivity contribution in [1.82, 2.24) is 9.88 Å². The third kappa shape index (κ3) is 3.10. The molecule has 25 heavy (non-hydrogen) atoms. The van der Waals surface area contributed by atoms with E-state index in [1.807, 2.05) is 36.4 Å². The number of aromatic nitrogens is 1. The molecule has 3 heterocycles. The van der Waals surface area contributed by atoms with Crippen LogP contribution in [0.5, 0.6) is 0 Å². The molecule has 1 atom stereocenters. The van der Waals surface area contributed by atoms with Crippen molar-refractivity contribution in [1.29, 1.82) is 0 Å². The van der Waals surface area contributed by atoms with Crippen LogP contribution in [0.15, 0.2) is 59.3 Å². The molecule has 2 aromatic heterocycles. The first kappa shape index (κ1) is 15.4. The van der Waals surface area contributed by atoms with Gasteiger partial charge < -0.3 is 14.6 Å². The van der Waals surface area contributed by atoms with Gasteiger partial charge in [0.2, 0.25) is 11.8 Å². The maximum absolute atomic E-state index is 12.6. The summed E-state index contributed by atoms with van der Waals surface area (Å²) in [7, 11) is 0. The minimum atomic E-state index is -0.366. The molecule has 3 aromatic rings. The van der Waals surface area contributed by atoms with E-state index < -0.39 is 0 Å². The molecule has 4 rings (SSSR count). The highest BCUT2D eigenvalue weighted by molar-refractivity contribution is 6.03. The molecule has 0 saturated carbocycles. The minimum absolute atomic E-state index is 0.0314. The van der Waals surface area contributed by atoms with E-state index in [0.29, 0.717) is 18.8 Å². The number of furan rings is 1. The van der Waals surface area contributed by atoms with Crippen LogP contribution in [0.1, 0.15) is 12.2 Å². The number of fused-ring (bicyclic) bond motifs is 1. The molecule has 1 N–H and O–H groups in total. The number of carbonyl (C=O) groups excluding carboxylic acids is 2. The number of amides is 2. The molecule has 0 radical (unpaired) electrons. The first-order valence-electron chi connectivity index (χ1n) is 8.15. The Morgan fingerprint density at radius 1 is 1.24 bits per heavy atom. The van der Waals surface area contributed by atoms with Crippen LogP contribution in [0, 0.1) is 5.92 Å². The van der Waals surface area contributed by atoms with Gasteiger partial charge in [-0.25, -0.2) is 0 Å². The molecule has 0 bridgehead atoms. The Morgan fingerprint density at radius 2 is 2.16 bits per heavy atom. The smallest absolute Gasteiger partial charge is 0.229 e. The standard InChI is InChI=1S/C19H17N3O3/c23-18-10-13(11-22(18)12-14-4-3-9-25-14)19(24)21-17-7-1-6-16-15(17)5-2-8-20-16/h1-9,13H,10-12H2,(H,21,24)/t13-/m1/s1. The third-order valence-electron chi connectivity index (χ3n) is 4.42. The Morgan fingerprint density at radius 3 is 3.00 bits per heavy atom. The predicted octanol–water partition coefficient (Wildman–Crippen LogP) is 2.82. The van der Waals surface area contributed by atoms with E-state index >= 15 is 0 Å². The van der Waals surface area contributed by atoms with E-state index in [0.717, 1.165) is 16.7 Å². The summed E-state index contributed by atoms with van der Waals surface area (Å²) in [6, 6.07) is 13.0. The Balaban J connectivity index is 1.47. The van der Waals surface area contributed by atoms with Gasteiger partial charge in [0.05, 0.1) is 29.9 Å². The molecule has 1 fully saturated rings. The van der Waals surface area contributed by atoms with E-state index in [2.05, 4.69) is 10.3 Å². The lowest BCUT2D eigenvalue weighted by atomic mass is 10.1. The maximum atomic E-state index is 12.6. The number of pyridine rings is 1. The van der Waals surface area contributed by atoms with Gasteiger partial charge in [0, 0.05) is 24.5 Å². The van der Waals surface area contributed by atoms with Crippen molar-refractivity contribution in [2.75, 3.05) is 11.9 Å². The number of carbonyl (C=O) groups is 2. The van der Waals surface area contributed by atoms with Crippen LogP contribution in [-0.4, -0.2) is 28.2 Å². The minimum Gasteiger partial charge on any atom is -0.467 e. The Kier molecular flexibility index (Phi) is 3.93. The normalized spacial score (nSPS) is 17.2. The number of nitrogens with zero attached hydrogens (tertiary/aromatic N) is 2. The van der Waals surface area contributed by atoms with E-state index in [1.165, 1.54) is 0 Å². The fourth-order valence-corrected chi connectivity index (χ4v) is 3.14. The fraction of sp³-hybridized carbons (Fsp3) is 0.211. The van der Waals surface area contributed by atoms with Crippen molar-refractivity contribution in [3.8, 4) is 0 Å². The van der Waals surface area contributed by atoms with Crippen molar-refractivity contribution < 1.29 is 14.0 Å². The highest BCUT2D eigenvalue weighted by Crippen LogP contribution is 2.25. The summed E-state index contributed by atoms with van der Waals surface area (Å²) < 4.78 is 5.28. The summed E-state index contributed by atoms with van der Waals surface area (Å²) in [6.45, 7) is 0.794. The molecule has 6 heteroatoms. The molecule has 0 spiro atoms. The van der Waals surface area contributed by atoms with Gasteiger partial charge in [0.1, 0.15) is 5.76 Å². The van der Waals surface area contributed by atoms with Crippen molar-refractivity contribution in [3.63, 3.8) is 0 Å². The number of likely N-dealkylation sites (tertiary alicyclic amines) is 1. The Labute approximate surface area is 144 Å². The number of nitrogens with one attached hydrogen (secondary N) is 1. The topological polar surface area (TPSA) is 75.4 Å². The predicted molar refractivity (Wildman–Crippen MR) is 92.6 cm³/mol. The van der Waals surface area contributed by atoms with Crippen LogP contribution >= 0.6 is 0 Å². The molecule has 6 nitrogen and oxygen atoms in total. The van der Waals surface area contributed by atoms with Crippen LogP contribution in [0.4, 0.5) is 5.69 Å². The lowest BCUT2D eigenvalue weighted by Gasteiger charge is -2.15. The van der Waals surface area contributed by atoms with E-state index in [1.54, 1.807) is 23.4 Å². The SMILES string of the molecule is O=C(Nc1cccc2ncccc12)[C@@H]1CC(=O)N(Cc2ccco2)C1. The van der Waals surface area contributed by atoms with Gasteiger partial charge in [-0.15, -0.1) is 0 Å². The molecule has 1 aliphatic rings. The summed E-state index contributed by atoms with van der Waals surface area (Å²) in [5, 5.41) is 3.83. The second kappa shape index (κ2) is 6.39. The largest absolute Gasteiger partial charge is 0.467 e. The monoisotopic (exact) mass is 335 g/mol. The zero-order chi connectivity index (χ0) is 17.2. The van der Waals surface area contributed by atoms with Gasteiger partial charge in [-0.05, 0) is 36.4 Å². The van der Waals surface area contributed by atoms with E-state index in [9.17, 15) is 9.59 Å². The van der Waals surface area contributed by atoms with Crippen molar-refractivity contribution in [2.24, 2.45) is 5.92 Å². The van der Waals surface area contributed by atoms with Gasteiger partial charge in [-0.3, -0.25) is 14.6 Å². The number of rotatable bonds is 4. The van der Waals surface area contributed by atoms with Crippen LogP contribution < -0.4 is 5.32 Å². The van der Waals surface area contributed by atoms with Crippen LogP contribution in [-0.2, 0) is 16.1 Å². The maximum Gasteiger partial charge on any atom is 0.229 e. The molecule has 1 aromatic carbocycles. The molecular weight excluding hydrogens is 318 g/mol. The summed E-state index contributed by atoms with van der Waals surface area (Å²) in [5.74, 6) is 0.173. The average Bonchev–Trinajstić information content (AvgIpc) is 3.26. The number of anilines is 1. The van der Waals surface area contributed by atoms with Crippen LogP contribution in [0.25, 0.3) is 10.9 Å². The third-order valence-corrected chi connectivity index (χ3v) is 4.42. The fourth-order valence-electron chi connectivity index (χ4n) is 3.14. The zero-order valence-corrected chi connectivity index (χ0v) is 13.5. The summed E-state index contributed by atoms with van der Waals surface area (Å²) in [5.41, 5.74) is 1.54. The lowest BCUT2D eigenvalue weighted by Crippen LogP contribution is -2.27. The van der Waals surface area contributed by atoms with Crippen molar-refractivity contribution in [3.05, 3.63) is 60.7 Å². The zero-order valence-electron chi connectivity index (χ0n) is 13.5. The highest BCUT2D eigenvalue weighted by atomic mass is 16.3. The second-order valence-electron chi connectivity index (χ2n) is 6.12. The number of hydrogen-bond donors (Lipinski definition) is 1. The highest BCUT2D eigenvalue weighted by Gasteiger charge is 2.34. The summed E-state index contributed by atoms with van der Waals surface area (Å²) >= 11 is 0. The molecule has 2 amide bonds. The molecule has 126 valence electrons. The van der Waals surface area contributed by atoms with Crippen molar-refractivity contribution in [2.45, 2.75) is 13.0 Å². The first-order chi connectivity index (χ1) is 12.2. The summed E-state index contributed by atoms with van der Waals surface area (Å²) in [6.07, 6.45) is 3.51. The molecule has 0 aliphatic carbocycles. The molecular formula is C19H17N3O3. The van der Waals surface area contributed by atoms with Crippen LogP contribution in [0.2, 0.25) is 0 Å². The summed E-state index contributed by atoms with van der Waals surface area (Å²) in [4.78, 5) is 30.7. The molecule has 1 saturated heterocycles. The first-order valence-corrected chi connectivity index (χ1v) is 8.15. The Hall–Kier alpha value is -3.15. The number of benzene rings is 1. The second-order valence-corrected chi connectivity index (χ2v) is 6.12. The van der Waals surface area contributed by atoms with Gasteiger partial charge >= 0.3 is 0 Å². The van der Waals surface area contributed by atoms with Gasteiger partial charge in [-0.2, -0.15) is 0 Å². The molecule has 1 aliphatic heterocycles. The van der Waals surface area contributed by atoms with Crippen LogP contribution in [0.3, 0.4) is 0 Å². The van der Waals surface area contributed by atoms with E-state index in [-0.39, 0.29) is 24.2 Å². The van der Waals surface area contributed by atoms with Gasteiger partial charge in [0.25, 0.3) is 0 Å².